The Hall–Kier alpha value is -1.94. The molecule has 1 unspecified atom stereocenters. The summed E-state index contributed by atoms with van der Waals surface area (Å²) in [6.45, 7) is 6.11. The quantitative estimate of drug-likeness (QED) is 0.201. The van der Waals surface area contributed by atoms with Crippen molar-refractivity contribution in [3.8, 4) is 0 Å². The molecule has 2 amide bonds. The van der Waals surface area contributed by atoms with Gasteiger partial charge in [0.05, 0.1) is 35.3 Å². The third-order valence-electron chi connectivity index (χ3n) is 7.11. The van der Waals surface area contributed by atoms with Gasteiger partial charge in [0.1, 0.15) is 11.6 Å². The van der Waals surface area contributed by atoms with Gasteiger partial charge in [-0.3, -0.25) is 14.4 Å². The Kier molecular flexibility index (Phi) is 7.90. The highest BCUT2D eigenvalue weighted by atomic mass is 79.9. The number of nitrogens with zero attached hydrogens (tertiary/aromatic N) is 2. The zero-order valence-electron chi connectivity index (χ0n) is 19.6. The summed E-state index contributed by atoms with van der Waals surface area (Å²) in [6.07, 6.45) is 2.43. The second-order valence-corrected chi connectivity index (χ2v) is 10.7. The van der Waals surface area contributed by atoms with Crippen molar-refractivity contribution >= 4 is 51.0 Å². The van der Waals surface area contributed by atoms with Gasteiger partial charge >= 0.3 is 5.97 Å². The minimum Gasteiger partial charge on any atom is -0.466 e. The topological polar surface area (TPSA) is 96.4 Å². The monoisotopic (exact) mass is 568 g/mol. The maximum atomic E-state index is 14.3. The molecule has 0 aliphatic carbocycles. The van der Waals surface area contributed by atoms with E-state index in [1.165, 1.54) is 9.80 Å². The number of hydrogen-bond donors (Lipinski definition) is 1. The fourth-order valence-corrected chi connectivity index (χ4v) is 6.99. The van der Waals surface area contributed by atoms with Crippen molar-refractivity contribution in [2.45, 2.75) is 48.8 Å². The molecule has 4 rings (SSSR count). The van der Waals surface area contributed by atoms with Gasteiger partial charge in [0.2, 0.25) is 5.91 Å². The summed E-state index contributed by atoms with van der Waals surface area (Å²) < 4.78 is 11.8. The molecule has 3 aliphatic rings. The molecule has 3 heterocycles. The average Bonchev–Trinajstić information content (AvgIpc) is 3.42. The number of carbonyl (C=O) groups is 3. The van der Waals surface area contributed by atoms with Crippen LogP contribution in [0.5, 0.6) is 0 Å². The number of halogens is 2. The van der Waals surface area contributed by atoms with Crippen LogP contribution in [0.25, 0.3) is 0 Å². The molecule has 0 radical (unpaired) electrons. The first-order valence-electron chi connectivity index (χ1n) is 11.9. The molecule has 3 aliphatic heterocycles. The van der Waals surface area contributed by atoms with Crippen LogP contribution in [0.4, 0.5) is 5.69 Å². The number of unbranched alkanes of at least 4 members (excludes halogenated alkanes) is 1. The molecular formula is C25H30BrClN2O6. The summed E-state index contributed by atoms with van der Waals surface area (Å²) >= 11 is 10.1. The summed E-state index contributed by atoms with van der Waals surface area (Å²) in [7, 11) is 0. The Balaban J connectivity index is 1.79. The minimum absolute atomic E-state index is 0.0229. The second-order valence-electron chi connectivity index (χ2n) is 9.07. The van der Waals surface area contributed by atoms with Crippen LogP contribution in [0.15, 0.2) is 36.9 Å². The summed E-state index contributed by atoms with van der Waals surface area (Å²) in [4.78, 5) is 43.9. The Morgan fingerprint density at radius 2 is 2.14 bits per heavy atom. The van der Waals surface area contributed by atoms with Crippen LogP contribution in [0.2, 0.25) is 5.02 Å². The number of benzene rings is 1. The molecular weight excluding hydrogens is 540 g/mol. The van der Waals surface area contributed by atoms with Crippen molar-refractivity contribution in [1.29, 1.82) is 0 Å². The van der Waals surface area contributed by atoms with Crippen molar-refractivity contribution in [2.24, 2.45) is 11.8 Å². The number of alkyl halides is 1. The third-order valence-corrected chi connectivity index (χ3v) is 8.27. The lowest BCUT2D eigenvalue weighted by molar-refractivity contribution is -0.154. The predicted octanol–water partition coefficient (Wildman–Crippen LogP) is 2.94. The Bertz CT molecular complexity index is 1010. The molecule has 0 aromatic heterocycles. The maximum Gasteiger partial charge on any atom is 0.312 e. The van der Waals surface area contributed by atoms with E-state index in [9.17, 15) is 19.5 Å². The number of carbonyl (C=O) groups excluding carboxylic acids is 3. The summed E-state index contributed by atoms with van der Waals surface area (Å²) in [5, 5.41) is 9.69. The van der Waals surface area contributed by atoms with Gasteiger partial charge in [0.15, 0.2) is 0 Å². The first kappa shape index (κ1) is 26.1. The first-order chi connectivity index (χ1) is 16.8. The molecule has 2 bridgehead atoms. The number of rotatable bonds is 10. The lowest BCUT2D eigenvalue weighted by Crippen LogP contribution is -2.57. The number of ether oxygens (including phenoxy) is 2. The van der Waals surface area contributed by atoms with Crippen molar-refractivity contribution < 1.29 is 29.0 Å². The second kappa shape index (κ2) is 10.6. The predicted molar refractivity (Wildman–Crippen MR) is 134 cm³/mol. The molecule has 0 saturated carbocycles. The number of amides is 2. The highest BCUT2D eigenvalue weighted by Crippen LogP contribution is 2.60. The SMILES string of the molecule is C=CCN(C(=O)[C@@H]1N(CCCCO)C(=O)[C@H]2[C@H](C(=O)OCC)[C@H]3O[C@@]12CC3Br)c1ccccc1Cl. The van der Waals surface area contributed by atoms with E-state index in [0.717, 1.165) is 0 Å². The molecule has 1 N–H and O–H groups in total. The Labute approximate surface area is 218 Å². The molecule has 1 aromatic carbocycles. The molecule has 8 nitrogen and oxygen atoms in total. The number of aliphatic hydroxyl groups is 1. The molecule has 3 fully saturated rings. The van der Waals surface area contributed by atoms with Crippen LogP contribution in [-0.2, 0) is 23.9 Å². The Morgan fingerprint density at radius 1 is 1.40 bits per heavy atom. The van der Waals surface area contributed by atoms with E-state index in [-0.39, 0.29) is 42.9 Å². The highest BCUT2D eigenvalue weighted by molar-refractivity contribution is 9.09. The van der Waals surface area contributed by atoms with E-state index in [2.05, 4.69) is 22.5 Å². The molecule has 190 valence electrons. The summed E-state index contributed by atoms with van der Waals surface area (Å²) in [5.41, 5.74) is -0.670. The zero-order valence-corrected chi connectivity index (χ0v) is 21.9. The van der Waals surface area contributed by atoms with Crippen LogP contribution >= 0.6 is 27.5 Å². The number of aliphatic hydroxyl groups excluding tert-OH is 1. The van der Waals surface area contributed by atoms with E-state index in [1.54, 1.807) is 37.3 Å². The van der Waals surface area contributed by atoms with E-state index >= 15 is 0 Å². The molecule has 6 atom stereocenters. The summed E-state index contributed by atoms with van der Waals surface area (Å²) in [6, 6.07) is 6.04. The van der Waals surface area contributed by atoms with Crippen LogP contribution in [-0.4, -0.2) is 76.7 Å². The zero-order chi connectivity index (χ0) is 25.3. The molecule has 10 heteroatoms. The van der Waals surface area contributed by atoms with E-state index in [4.69, 9.17) is 21.1 Å². The van der Waals surface area contributed by atoms with Gasteiger partial charge < -0.3 is 24.4 Å². The standard InChI is InChI=1S/C25H30BrClN2O6/c1-3-11-28(17-10-6-5-9-16(17)27)23(32)21-25-14-15(26)20(35-25)18(24(33)34-4-2)19(25)22(31)29(21)12-7-8-13-30/h3,5-6,9-10,15,18-21,30H,1,4,7-8,11-14H2,2H3/t15?,18-,19+,20-,21-,25+/m0/s1. The van der Waals surface area contributed by atoms with Crippen LogP contribution < -0.4 is 4.90 Å². The van der Waals surface area contributed by atoms with Gasteiger partial charge in [-0.15, -0.1) is 6.58 Å². The molecule has 35 heavy (non-hydrogen) atoms. The fraction of sp³-hybridized carbons (Fsp3) is 0.560. The van der Waals surface area contributed by atoms with Gasteiger partial charge in [0.25, 0.3) is 5.91 Å². The van der Waals surface area contributed by atoms with Crippen molar-refractivity contribution in [3.05, 3.63) is 41.9 Å². The van der Waals surface area contributed by atoms with Crippen molar-refractivity contribution in [3.63, 3.8) is 0 Å². The summed E-state index contributed by atoms with van der Waals surface area (Å²) in [5.74, 6) is -2.74. The van der Waals surface area contributed by atoms with Crippen LogP contribution in [0, 0.1) is 11.8 Å². The molecule has 1 spiro atoms. The Morgan fingerprint density at radius 3 is 2.80 bits per heavy atom. The number of anilines is 1. The smallest absolute Gasteiger partial charge is 0.312 e. The minimum atomic E-state index is -1.18. The number of likely N-dealkylation sites (tertiary alicyclic amines) is 1. The van der Waals surface area contributed by atoms with Crippen molar-refractivity contribution in [1.82, 2.24) is 4.90 Å². The largest absolute Gasteiger partial charge is 0.466 e. The van der Waals surface area contributed by atoms with E-state index in [0.29, 0.717) is 30.0 Å². The first-order valence-corrected chi connectivity index (χ1v) is 13.2. The maximum absolute atomic E-state index is 14.3. The fourth-order valence-electron chi connectivity index (χ4n) is 5.81. The number of para-hydroxylation sites is 1. The molecule has 1 aromatic rings. The van der Waals surface area contributed by atoms with E-state index < -0.39 is 35.6 Å². The number of hydrogen-bond acceptors (Lipinski definition) is 6. The lowest BCUT2D eigenvalue weighted by Gasteiger charge is -2.37. The average molecular weight is 570 g/mol. The lowest BCUT2D eigenvalue weighted by atomic mass is 9.70. The molecule has 3 saturated heterocycles. The van der Waals surface area contributed by atoms with Gasteiger partial charge in [0, 0.05) is 24.5 Å². The number of esters is 1. The number of fused-ring (bicyclic) bond motifs is 1. The van der Waals surface area contributed by atoms with Gasteiger partial charge in [-0.25, -0.2) is 0 Å². The highest BCUT2D eigenvalue weighted by Gasteiger charge is 2.77. The van der Waals surface area contributed by atoms with Crippen molar-refractivity contribution in [2.75, 3.05) is 31.2 Å². The third kappa shape index (κ3) is 4.30. The van der Waals surface area contributed by atoms with Gasteiger partial charge in [-0.2, -0.15) is 0 Å². The normalized spacial score (nSPS) is 30.9. The van der Waals surface area contributed by atoms with Crippen LogP contribution in [0.3, 0.4) is 0 Å². The van der Waals surface area contributed by atoms with Gasteiger partial charge in [-0.05, 0) is 38.3 Å². The van der Waals surface area contributed by atoms with E-state index in [1.807, 2.05) is 0 Å². The van der Waals surface area contributed by atoms with Crippen LogP contribution in [0.1, 0.15) is 26.2 Å². The van der Waals surface area contributed by atoms with Gasteiger partial charge in [-0.1, -0.05) is 45.7 Å².